The van der Waals surface area contributed by atoms with Crippen molar-refractivity contribution in [1.82, 2.24) is 34.6 Å². The first-order valence-corrected chi connectivity index (χ1v) is 17.5. The minimum absolute atomic E-state index is 0.0270. The molecular weight excluding hydrogens is 590 g/mol. The average molecular weight is 634 g/mol. The maximum absolute atomic E-state index is 12.4. The van der Waals surface area contributed by atoms with E-state index in [4.69, 9.17) is 9.72 Å². The highest BCUT2D eigenvalue weighted by atomic mass is 32.2. The zero-order chi connectivity index (χ0) is 31.6. The summed E-state index contributed by atoms with van der Waals surface area (Å²) >= 11 is 0. The average Bonchev–Trinajstić information content (AvgIpc) is 3.48. The molecule has 240 valence electrons. The van der Waals surface area contributed by atoms with Gasteiger partial charge in [-0.3, -0.25) is 9.80 Å². The second kappa shape index (κ2) is 13.3. The van der Waals surface area contributed by atoms with E-state index in [9.17, 15) is 8.42 Å². The van der Waals surface area contributed by atoms with Gasteiger partial charge in [-0.15, -0.1) is 0 Å². The Morgan fingerprint density at radius 3 is 2.47 bits per heavy atom. The fourth-order valence-electron chi connectivity index (χ4n) is 6.13. The van der Waals surface area contributed by atoms with Gasteiger partial charge in [0.1, 0.15) is 5.75 Å². The summed E-state index contributed by atoms with van der Waals surface area (Å²) in [6, 6.07) is 13.6. The Morgan fingerprint density at radius 2 is 1.73 bits per heavy atom. The van der Waals surface area contributed by atoms with Crippen molar-refractivity contribution in [2.75, 3.05) is 63.2 Å². The summed E-state index contributed by atoms with van der Waals surface area (Å²) in [6.07, 6.45) is 5.10. The Bertz CT molecular complexity index is 1730. The molecule has 3 N–H and O–H groups in total. The number of piperidine rings is 1. The number of nitrogens with zero attached hydrogens (tertiary/aromatic N) is 6. The zero-order valence-corrected chi connectivity index (χ0v) is 27.3. The number of aromatic nitrogens is 4. The number of ether oxygens (including phenoxy) is 1. The van der Waals surface area contributed by atoms with Crippen molar-refractivity contribution in [2.24, 2.45) is 0 Å². The van der Waals surface area contributed by atoms with E-state index in [1.807, 2.05) is 19.9 Å². The maximum atomic E-state index is 12.4. The number of hydrogen-bond donors (Lipinski definition) is 3. The molecule has 2 aliphatic rings. The van der Waals surface area contributed by atoms with Crippen molar-refractivity contribution in [3.63, 3.8) is 0 Å². The van der Waals surface area contributed by atoms with Crippen LogP contribution in [-0.2, 0) is 16.4 Å². The molecule has 0 spiro atoms. The Hall–Kier alpha value is -3.78. The van der Waals surface area contributed by atoms with E-state index < -0.39 is 9.84 Å². The minimum Gasteiger partial charge on any atom is -0.489 e. The third-order valence-electron chi connectivity index (χ3n) is 8.49. The molecule has 2 aromatic carbocycles. The van der Waals surface area contributed by atoms with Crippen LogP contribution in [0, 0.1) is 0 Å². The van der Waals surface area contributed by atoms with E-state index in [1.165, 1.54) is 44.1 Å². The summed E-state index contributed by atoms with van der Waals surface area (Å²) in [6.45, 7) is 11.7. The number of rotatable bonds is 10. The van der Waals surface area contributed by atoms with E-state index in [-0.39, 0.29) is 11.0 Å². The highest BCUT2D eigenvalue weighted by Gasteiger charge is 2.27. The highest BCUT2D eigenvalue weighted by molar-refractivity contribution is 7.90. The number of imidazole rings is 1. The summed E-state index contributed by atoms with van der Waals surface area (Å²) < 4.78 is 31.1. The van der Waals surface area contributed by atoms with Gasteiger partial charge >= 0.3 is 0 Å². The number of fused-ring (bicyclic) bond motifs is 1. The standard InChI is InChI=1S/C32H43N9O3S/c1-22(2)44-27-19-23(20-40-13-11-24(12-14-40)41-17-15-39(3)16-18-41)9-10-25(27)36-32-37-30-29(33-21-34-30)31(38-32)35-26-7-5-6-8-28(26)45(4,42)43/h5-10,19,21-22,24H,11-18,20H2,1-4H3,(H3,33,34,35,36,37,38). The van der Waals surface area contributed by atoms with Gasteiger partial charge in [-0.1, -0.05) is 18.2 Å². The van der Waals surface area contributed by atoms with Crippen LogP contribution in [0.2, 0.25) is 0 Å². The van der Waals surface area contributed by atoms with Gasteiger partial charge in [0, 0.05) is 45.0 Å². The Balaban J connectivity index is 1.19. The van der Waals surface area contributed by atoms with Crippen molar-refractivity contribution in [3.05, 3.63) is 54.4 Å². The van der Waals surface area contributed by atoms with E-state index in [2.05, 4.69) is 59.5 Å². The molecule has 0 saturated carbocycles. The van der Waals surface area contributed by atoms with Crippen LogP contribution >= 0.6 is 0 Å². The van der Waals surface area contributed by atoms with Crippen LogP contribution in [0.3, 0.4) is 0 Å². The molecule has 0 amide bonds. The quantitative estimate of drug-likeness (QED) is 0.232. The third-order valence-corrected chi connectivity index (χ3v) is 9.65. The van der Waals surface area contributed by atoms with Gasteiger partial charge in [-0.05, 0) is 76.7 Å². The van der Waals surface area contributed by atoms with Gasteiger partial charge < -0.3 is 25.3 Å². The number of aromatic amines is 1. The SMILES string of the molecule is CC(C)Oc1cc(CN2CCC(N3CCN(C)CC3)CC2)ccc1Nc1nc(Nc2ccccc2S(C)(=O)=O)c2nc[nH]c2n1. The normalized spacial score (nSPS) is 17.6. The summed E-state index contributed by atoms with van der Waals surface area (Å²) in [5, 5.41) is 6.50. The molecule has 2 fully saturated rings. The zero-order valence-electron chi connectivity index (χ0n) is 26.5. The number of piperazine rings is 1. The predicted molar refractivity (Wildman–Crippen MR) is 177 cm³/mol. The molecule has 0 radical (unpaired) electrons. The summed E-state index contributed by atoms with van der Waals surface area (Å²) in [5.41, 5.74) is 3.35. The van der Waals surface area contributed by atoms with Gasteiger partial charge in [0.15, 0.2) is 26.8 Å². The minimum atomic E-state index is -3.47. The largest absolute Gasteiger partial charge is 0.489 e. The monoisotopic (exact) mass is 633 g/mol. The topological polar surface area (TPSA) is 132 Å². The van der Waals surface area contributed by atoms with Crippen LogP contribution in [0.1, 0.15) is 32.3 Å². The number of para-hydroxylation sites is 1. The number of hydrogen-bond acceptors (Lipinski definition) is 11. The number of benzene rings is 2. The van der Waals surface area contributed by atoms with E-state index in [0.29, 0.717) is 34.7 Å². The molecule has 4 heterocycles. The van der Waals surface area contributed by atoms with Crippen molar-refractivity contribution >= 4 is 44.1 Å². The molecule has 6 rings (SSSR count). The van der Waals surface area contributed by atoms with E-state index in [0.717, 1.165) is 44.2 Å². The molecule has 0 unspecified atom stereocenters. The molecule has 0 bridgehead atoms. The molecule has 2 aliphatic heterocycles. The summed E-state index contributed by atoms with van der Waals surface area (Å²) in [4.78, 5) is 24.5. The third kappa shape index (κ3) is 7.55. The smallest absolute Gasteiger partial charge is 0.231 e. The lowest BCUT2D eigenvalue weighted by Crippen LogP contribution is -2.52. The van der Waals surface area contributed by atoms with Gasteiger partial charge in [-0.2, -0.15) is 9.97 Å². The van der Waals surface area contributed by atoms with Crippen LogP contribution in [-0.4, -0.2) is 108 Å². The van der Waals surface area contributed by atoms with Crippen LogP contribution in [0.4, 0.5) is 23.1 Å². The lowest BCUT2D eigenvalue weighted by molar-refractivity contribution is 0.0657. The number of sulfone groups is 1. The van der Waals surface area contributed by atoms with Gasteiger partial charge in [0.2, 0.25) is 5.95 Å². The van der Waals surface area contributed by atoms with Crippen LogP contribution in [0.15, 0.2) is 53.7 Å². The first kappa shape index (κ1) is 31.2. The number of likely N-dealkylation sites (N-methyl/N-ethyl adjacent to an activating group) is 1. The fourth-order valence-corrected chi connectivity index (χ4v) is 6.97. The van der Waals surface area contributed by atoms with E-state index >= 15 is 0 Å². The van der Waals surface area contributed by atoms with Crippen molar-refractivity contribution < 1.29 is 13.2 Å². The van der Waals surface area contributed by atoms with Gasteiger partial charge in [0.25, 0.3) is 0 Å². The van der Waals surface area contributed by atoms with E-state index in [1.54, 1.807) is 24.3 Å². The number of H-pyrrole nitrogens is 1. The molecule has 12 nitrogen and oxygen atoms in total. The number of nitrogens with one attached hydrogen (secondary N) is 3. The molecule has 2 saturated heterocycles. The molecule has 4 aromatic rings. The first-order valence-electron chi connectivity index (χ1n) is 15.6. The fraction of sp³-hybridized carbons (Fsp3) is 0.469. The maximum Gasteiger partial charge on any atom is 0.231 e. The molecule has 0 aliphatic carbocycles. The lowest BCUT2D eigenvalue weighted by atomic mass is 10.0. The van der Waals surface area contributed by atoms with Gasteiger partial charge in [-0.25, -0.2) is 13.4 Å². The van der Waals surface area contributed by atoms with Crippen LogP contribution < -0.4 is 15.4 Å². The molecule has 45 heavy (non-hydrogen) atoms. The highest BCUT2D eigenvalue weighted by Crippen LogP contribution is 2.32. The second-order valence-electron chi connectivity index (χ2n) is 12.4. The molecular formula is C32H43N9O3S. The Kier molecular flexibility index (Phi) is 9.22. The second-order valence-corrected chi connectivity index (χ2v) is 14.3. The summed E-state index contributed by atoms with van der Waals surface area (Å²) in [5.74, 6) is 1.42. The molecule has 13 heteroatoms. The Labute approximate surface area is 265 Å². The van der Waals surface area contributed by atoms with Gasteiger partial charge in [0.05, 0.1) is 28.7 Å². The molecule has 2 aromatic heterocycles. The van der Waals surface area contributed by atoms with Crippen molar-refractivity contribution in [1.29, 1.82) is 0 Å². The van der Waals surface area contributed by atoms with Crippen molar-refractivity contribution in [2.45, 2.75) is 50.3 Å². The number of anilines is 4. The molecule has 0 atom stereocenters. The Morgan fingerprint density at radius 1 is 0.978 bits per heavy atom. The predicted octanol–water partition coefficient (Wildman–Crippen LogP) is 4.24. The van der Waals surface area contributed by atoms with Crippen LogP contribution in [0.5, 0.6) is 5.75 Å². The summed E-state index contributed by atoms with van der Waals surface area (Å²) in [7, 11) is -1.26. The first-order chi connectivity index (χ1) is 21.6. The van der Waals surface area contributed by atoms with Crippen molar-refractivity contribution in [3.8, 4) is 5.75 Å². The van der Waals surface area contributed by atoms with Crippen LogP contribution in [0.25, 0.3) is 11.2 Å². The lowest BCUT2D eigenvalue weighted by Gasteiger charge is -2.42. The number of likely N-dealkylation sites (tertiary alicyclic amines) is 1.